The normalized spacial score (nSPS) is 14.2. The van der Waals surface area contributed by atoms with Gasteiger partial charge in [-0.1, -0.05) is 43.7 Å². The average molecular weight is 619 g/mol. The van der Waals surface area contributed by atoms with Crippen LogP contribution in [0, 0.1) is 0 Å². The van der Waals surface area contributed by atoms with E-state index in [1.54, 1.807) is 18.7 Å². The summed E-state index contributed by atoms with van der Waals surface area (Å²) in [6.07, 6.45) is 0.905. The van der Waals surface area contributed by atoms with Crippen LogP contribution >= 0.6 is 7.60 Å². The zero-order chi connectivity index (χ0) is 31.2. The Morgan fingerprint density at radius 3 is 2.21 bits per heavy atom. The van der Waals surface area contributed by atoms with Crippen molar-refractivity contribution in [2.45, 2.75) is 46.6 Å². The lowest BCUT2D eigenvalue weighted by atomic mass is 10.2. The third-order valence-electron chi connectivity index (χ3n) is 6.58. The van der Waals surface area contributed by atoms with Gasteiger partial charge in [0.25, 0.3) is 5.91 Å². The molecule has 1 atom stereocenters. The SMILES string of the molecule is CCCCOC(=O)N1CCN(C(=O)[C@H](CP(=O)(OCC)OCC)NC(=O)c2cc(NCC)nc(-c3ccccc3)n2)CC1. The largest absolute Gasteiger partial charge is 0.449 e. The summed E-state index contributed by atoms with van der Waals surface area (Å²) in [4.78, 5) is 51.8. The number of unbranched alkanes of at least 4 members (excludes halogenated alkanes) is 1. The fraction of sp³-hybridized carbons (Fsp3) is 0.552. The fourth-order valence-electron chi connectivity index (χ4n) is 4.45. The van der Waals surface area contributed by atoms with Gasteiger partial charge in [-0.3, -0.25) is 14.2 Å². The highest BCUT2D eigenvalue weighted by atomic mass is 31.2. The molecule has 2 aromatic rings. The van der Waals surface area contributed by atoms with Crippen LogP contribution in [0.3, 0.4) is 0 Å². The minimum absolute atomic E-state index is 0.0323. The van der Waals surface area contributed by atoms with E-state index in [-0.39, 0.29) is 51.2 Å². The predicted octanol–water partition coefficient (Wildman–Crippen LogP) is 4.02. The van der Waals surface area contributed by atoms with Gasteiger partial charge in [-0.05, 0) is 27.2 Å². The third-order valence-corrected chi connectivity index (χ3v) is 8.70. The lowest BCUT2D eigenvalue weighted by molar-refractivity contribution is -0.134. The molecule has 0 unspecified atom stereocenters. The van der Waals surface area contributed by atoms with Gasteiger partial charge in [-0.2, -0.15) is 0 Å². The summed E-state index contributed by atoms with van der Waals surface area (Å²) in [5.74, 6) is -0.324. The van der Waals surface area contributed by atoms with Gasteiger partial charge < -0.3 is 34.2 Å². The third kappa shape index (κ3) is 10.0. The molecule has 3 amide bonds. The predicted molar refractivity (Wildman–Crippen MR) is 163 cm³/mol. The molecular weight excluding hydrogens is 575 g/mol. The van der Waals surface area contributed by atoms with Gasteiger partial charge in [0, 0.05) is 44.4 Å². The first-order valence-corrected chi connectivity index (χ1v) is 16.5. The number of ether oxygens (including phenoxy) is 1. The molecule has 1 fully saturated rings. The first-order valence-electron chi connectivity index (χ1n) is 14.8. The second-order valence-corrected chi connectivity index (χ2v) is 11.9. The number of carbonyl (C=O) groups is 3. The lowest BCUT2D eigenvalue weighted by Gasteiger charge is -2.36. The highest BCUT2D eigenvalue weighted by molar-refractivity contribution is 7.54. The van der Waals surface area contributed by atoms with E-state index in [2.05, 4.69) is 20.6 Å². The van der Waals surface area contributed by atoms with Gasteiger partial charge in [0.2, 0.25) is 5.91 Å². The van der Waals surface area contributed by atoms with E-state index in [9.17, 15) is 18.9 Å². The van der Waals surface area contributed by atoms with Crippen LogP contribution in [0.1, 0.15) is 51.0 Å². The summed E-state index contributed by atoms with van der Waals surface area (Å²) in [5, 5.41) is 5.84. The van der Waals surface area contributed by atoms with Gasteiger partial charge in [-0.25, -0.2) is 14.8 Å². The number of nitrogens with one attached hydrogen (secondary N) is 2. The Hall–Kier alpha value is -3.54. The number of hydrogen-bond acceptors (Lipinski definition) is 10. The summed E-state index contributed by atoms with van der Waals surface area (Å²) in [6, 6.07) is 9.48. The van der Waals surface area contributed by atoms with Gasteiger partial charge in [0.1, 0.15) is 17.6 Å². The highest BCUT2D eigenvalue weighted by Gasteiger charge is 2.37. The maximum absolute atomic E-state index is 13.8. The van der Waals surface area contributed by atoms with Gasteiger partial charge in [-0.15, -0.1) is 0 Å². The zero-order valence-electron chi connectivity index (χ0n) is 25.4. The molecule has 1 aromatic carbocycles. The van der Waals surface area contributed by atoms with Crippen molar-refractivity contribution in [2.75, 3.05) is 64.0 Å². The number of anilines is 1. The summed E-state index contributed by atoms with van der Waals surface area (Å²) in [7, 11) is -3.74. The lowest BCUT2D eigenvalue weighted by Crippen LogP contribution is -2.57. The van der Waals surface area contributed by atoms with Crippen LogP contribution in [0.25, 0.3) is 11.4 Å². The molecule has 1 aliphatic rings. The minimum Gasteiger partial charge on any atom is -0.449 e. The second-order valence-electron chi connectivity index (χ2n) is 9.79. The van der Waals surface area contributed by atoms with Crippen molar-refractivity contribution in [3.8, 4) is 11.4 Å². The summed E-state index contributed by atoms with van der Waals surface area (Å²) >= 11 is 0. The Morgan fingerprint density at radius 1 is 0.953 bits per heavy atom. The minimum atomic E-state index is -3.74. The Morgan fingerprint density at radius 2 is 1.60 bits per heavy atom. The van der Waals surface area contributed by atoms with E-state index in [1.807, 2.05) is 44.2 Å². The number of carbonyl (C=O) groups excluding carboxylic acids is 3. The van der Waals surface area contributed by atoms with E-state index in [1.165, 1.54) is 11.0 Å². The first-order chi connectivity index (χ1) is 20.7. The fourth-order valence-corrected chi connectivity index (χ4v) is 6.22. The van der Waals surface area contributed by atoms with Crippen molar-refractivity contribution >= 4 is 31.3 Å². The molecule has 0 radical (unpaired) electrons. The van der Waals surface area contributed by atoms with Crippen LogP contribution in [0.15, 0.2) is 36.4 Å². The van der Waals surface area contributed by atoms with E-state index < -0.39 is 31.5 Å². The van der Waals surface area contributed by atoms with Crippen LogP contribution in [-0.2, 0) is 23.1 Å². The Labute approximate surface area is 253 Å². The quantitative estimate of drug-likeness (QED) is 0.221. The molecule has 236 valence electrons. The summed E-state index contributed by atoms with van der Waals surface area (Å²) in [5.41, 5.74) is 0.747. The standard InChI is InChI=1S/C29H43N6O7P/c1-5-9-19-40-29(38)35-17-15-34(16-18-35)28(37)24(21-43(39,41-7-3)42-8-4)32-27(36)23-20-25(30-6-2)33-26(31-23)22-13-11-10-12-14-22/h10-14,20,24H,5-9,15-19,21H2,1-4H3,(H,32,36)(H,30,31,33)/t24-/m0/s1. The molecule has 0 saturated carbocycles. The Kier molecular flexibility index (Phi) is 13.4. The molecule has 14 heteroatoms. The van der Waals surface area contributed by atoms with Crippen molar-refractivity contribution in [1.82, 2.24) is 25.1 Å². The van der Waals surface area contributed by atoms with Crippen molar-refractivity contribution in [3.05, 3.63) is 42.1 Å². The van der Waals surface area contributed by atoms with Gasteiger partial charge in [0.15, 0.2) is 5.82 Å². The van der Waals surface area contributed by atoms with Crippen molar-refractivity contribution in [1.29, 1.82) is 0 Å². The van der Waals surface area contributed by atoms with Crippen molar-refractivity contribution < 1.29 is 32.7 Å². The molecule has 0 spiro atoms. The number of aromatic nitrogens is 2. The molecule has 2 N–H and O–H groups in total. The number of amides is 3. The molecule has 13 nitrogen and oxygen atoms in total. The van der Waals surface area contributed by atoms with Crippen molar-refractivity contribution in [3.63, 3.8) is 0 Å². The van der Waals surface area contributed by atoms with E-state index in [0.29, 0.717) is 30.4 Å². The monoisotopic (exact) mass is 618 g/mol. The molecule has 0 bridgehead atoms. The molecular formula is C29H43N6O7P. The van der Waals surface area contributed by atoms with Crippen LogP contribution in [0.2, 0.25) is 0 Å². The van der Waals surface area contributed by atoms with Gasteiger partial charge >= 0.3 is 13.7 Å². The number of nitrogens with zero attached hydrogens (tertiary/aromatic N) is 4. The molecule has 3 rings (SSSR count). The second kappa shape index (κ2) is 16.9. The van der Waals surface area contributed by atoms with Crippen LogP contribution in [0.4, 0.5) is 10.6 Å². The molecule has 0 aliphatic carbocycles. The highest BCUT2D eigenvalue weighted by Crippen LogP contribution is 2.48. The molecule has 1 aliphatic heterocycles. The topological polar surface area (TPSA) is 152 Å². The number of rotatable bonds is 15. The number of piperazine rings is 1. The number of benzene rings is 1. The van der Waals surface area contributed by atoms with E-state index >= 15 is 0 Å². The molecule has 1 saturated heterocycles. The van der Waals surface area contributed by atoms with Crippen LogP contribution < -0.4 is 10.6 Å². The average Bonchev–Trinajstić information content (AvgIpc) is 3.01. The molecule has 1 aromatic heterocycles. The summed E-state index contributed by atoms with van der Waals surface area (Å²) < 4.78 is 29.7. The summed E-state index contributed by atoms with van der Waals surface area (Å²) in [6.45, 7) is 9.35. The first kappa shape index (κ1) is 34.0. The molecule has 43 heavy (non-hydrogen) atoms. The smallest absolute Gasteiger partial charge is 0.409 e. The van der Waals surface area contributed by atoms with Gasteiger partial charge in [0.05, 0.1) is 26.0 Å². The zero-order valence-corrected chi connectivity index (χ0v) is 26.3. The van der Waals surface area contributed by atoms with Crippen molar-refractivity contribution in [2.24, 2.45) is 0 Å². The van der Waals surface area contributed by atoms with E-state index in [0.717, 1.165) is 12.8 Å². The van der Waals surface area contributed by atoms with Crippen LogP contribution in [-0.4, -0.2) is 102 Å². The number of hydrogen-bond donors (Lipinski definition) is 2. The molecule has 2 heterocycles. The Balaban J connectivity index is 1.84. The maximum Gasteiger partial charge on any atom is 0.409 e. The van der Waals surface area contributed by atoms with E-state index in [4.69, 9.17) is 13.8 Å². The van der Waals surface area contributed by atoms with Crippen LogP contribution in [0.5, 0.6) is 0 Å². The maximum atomic E-state index is 13.8. The Bertz CT molecular complexity index is 1250.